The fraction of sp³-hybridized carbons (Fsp3) is 0.286. The van der Waals surface area contributed by atoms with Crippen molar-refractivity contribution in [3.05, 3.63) is 76.9 Å². The third kappa shape index (κ3) is 4.27. The zero-order valence-electron chi connectivity index (χ0n) is 16.0. The highest BCUT2D eigenvalue weighted by Gasteiger charge is 2.26. The van der Waals surface area contributed by atoms with Crippen molar-refractivity contribution in [3.8, 4) is 5.75 Å². The molecule has 0 saturated heterocycles. The molecule has 0 aliphatic carbocycles. The molecule has 0 saturated carbocycles. The summed E-state index contributed by atoms with van der Waals surface area (Å²) in [6.07, 6.45) is -0.447. The van der Waals surface area contributed by atoms with Gasteiger partial charge in [0.2, 0.25) is 0 Å². The fourth-order valence-corrected chi connectivity index (χ4v) is 3.40. The van der Waals surface area contributed by atoms with Crippen LogP contribution in [0, 0.1) is 12.7 Å². The number of amides is 1. The molecule has 0 radical (unpaired) electrons. The van der Waals surface area contributed by atoms with Gasteiger partial charge in [0.1, 0.15) is 23.4 Å². The minimum Gasteiger partial charge on any atom is -0.484 e. The number of aromatic nitrogens is 2. The number of nitrogens with zero attached hydrogens (tertiary/aromatic N) is 3. The Bertz CT molecular complexity index is 1010. The second-order valence-corrected chi connectivity index (χ2v) is 6.92. The van der Waals surface area contributed by atoms with E-state index in [2.05, 4.69) is 25.2 Å². The molecular formula is C21H21FN4O3. The average molecular weight is 396 g/mol. The summed E-state index contributed by atoms with van der Waals surface area (Å²) in [6, 6.07) is 14.4. The summed E-state index contributed by atoms with van der Waals surface area (Å²) in [5, 5.41) is 10.1. The fourth-order valence-electron chi connectivity index (χ4n) is 3.40. The van der Waals surface area contributed by atoms with Crippen LogP contribution >= 0.6 is 0 Å². The number of halogens is 1. The lowest BCUT2D eigenvalue weighted by atomic mass is 10.1. The second kappa shape index (κ2) is 8.40. The zero-order chi connectivity index (χ0) is 20.2. The van der Waals surface area contributed by atoms with Crippen molar-refractivity contribution in [1.82, 2.24) is 20.5 Å². The number of fused-ring (bicyclic) bond motifs is 1. The largest absolute Gasteiger partial charge is 0.484 e. The number of para-hydroxylation sites is 1. The van der Waals surface area contributed by atoms with Crippen molar-refractivity contribution in [1.29, 1.82) is 0 Å². The van der Waals surface area contributed by atoms with E-state index >= 15 is 0 Å². The lowest BCUT2D eigenvalue weighted by Crippen LogP contribution is -2.37. The number of benzene rings is 2. The van der Waals surface area contributed by atoms with Gasteiger partial charge in [-0.15, -0.1) is 0 Å². The number of aryl methyl sites for hydroxylation is 1. The Balaban J connectivity index is 1.48. The number of ether oxygens (including phenoxy) is 1. The third-order valence-corrected chi connectivity index (χ3v) is 4.89. The molecule has 150 valence electrons. The average Bonchev–Trinajstić information content (AvgIpc) is 3.05. The summed E-state index contributed by atoms with van der Waals surface area (Å²) in [4.78, 5) is 14.3. The minimum absolute atomic E-state index is 0.179. The Morgan fingerprint density at radius 3 is 2.79 bits per heavy atom. The molecular weight excluding hydrogens is 375 g/mol. The number of carbonyl (C=O) groups excluding carboxylic acids is 1. The van der Waals surface area contributed by atoms with Gasteiger partial charge in [0.05, 0.1) is 0 Å². The quantitative estimate of drug-likeness (QED) is 0.714. The smallest absolute Gasteiger partial charge is 0.275 e. The third-order valence-electron chi connectivity index (χ3n) is 4.89. The Morgan fingerprint density at radius 2 is 2.00 bits per heavy atom. The van der Waals surface area contributed by atoms with Gasteiger partial charge < -0.3 is 10.1 Å². The molecule has 29 heavy (non-hydrogen) atoms. The van der Waals surface area contributed by atoms with E-state index in [1.54, 1.807) is 25.1 Å². The number of carbonyl (C=O) groups is 1. The summed E-state index contributed by atoms with van der Waals surface area (Å²) in [5.74, 6) is 0.122. The van der Waals surface area contributed by atoms with Gasteiger partial charge in [-0.1, -0.05) is 41.6 Å². The van der Waals surface area contributed by atoms with Gasteiger partial charge in [0.15, 0.2) is 5.69 Å². The van der Waals surface area contributed by atoms with E-state index in [4.69, 9.17) is 4.74 Å². The summed E-state index contributed by atoms with van der Waals surface area (Å²) in [6.45, 7) is 3.76. The van der Waals surface area contributed by atoms with Crippen molar-refractivity contribution in [2.45, 2.75) is 19.6 Å². The summed E-state index contributed by atoms with van der Waals surface area (Å²) in [7, 11) is 0. The molecule has 7 nitrogen and oxygen atoms in total. The molecule has 0 bridgehead atoms. The maximum absolute atomic E-state index is 14.4. The van der Waals surface area contributed by atoms with Crippen LogP contribution in [0.1, 0.15) is 33.4 Å². The van der Waals surface area contributed by atoms with Crippen molar-refractivity contribution in [2.24, 2.45) is 0 Å². The van der Waals surface area contributed by atoms with Gasteiger partial charge in [-0.25, -0.2) is 9.02 Å². The molecule has 1 aliphatic rings. The van der Waals surface area contributed by atoms with Gasteiger partial charge >= 0.3 is 0 Å². The molecule has 1 N–H and O–H groups in total. The molecule has 4 rings (SSSR count). The van der Waals surface area contributed by atoms with Crippen molar-refractivity contribution in [2.75, 3.05) is 19.6 Å². The maximum atomic E-state index is 14.4. The predicted molar refractivity (Wildman–Crippen MR) is 103 cm³/mol. The first-order valence-corrected chi connectivity index (χ1v) is 9.40. The molecule has 1 aliphatic heterocycles. The van der Waals surface area contributed by atoms with Crippen LogP contribution in [-0.4, -0.2) is 40.8 Å². The number of rotatable bonds is 5. The van der Waals surface area contributed by atoms with Crippen LogP contribution in [0.4, 0.5) is 4.39 Å². The van der Waals surface area contributed by atoms with Crippen LogP contribution in [0.15, 0.2) is 53.2 Å². The van der Waals surface area contributed by atoms with Crippen LogP contribution in [0.2, 0.25) is 0 Å². The van der Waals surface area contributed by atoms with Gasteiger partial charge in [-0.05, 0) is 24.2 Å². The molecule has 1 atom stereocenters. The summed E-state index contributed by atoms with van der Waals surface area (Å²) in [5.41, 5.74) is 2.16. The van der Waals surface area contributed by atoms with Crippen molar-refractivity contribution < 1.29 is 18.6 Å². The van der Waals surface area contributed by atoms with E-state index in [-0.39, 0.29) is 17.4 Å². The lowest BCUT2D eigenvalue weighted by molar-refractivity contribution is 0.0932. The van der Waals surface area contributed by atoms with Gasteiger partial charge in [0, 0.05) is 37.3 Å². The summed E-state index contributed by atoms with van der Waals surface area (Å²) >= 11 is 0. The van der Waals surface area contributed by atoms with E-state index in [1.807, 2.05) is 24.3 Å². The normalized spacial score (nSPS) is 16.6. The first-order chi connectivity index (χ1) is 14.1. The van der Waals surface area contributed by atoms with Crippen LogP contribution < -0.4 is 10.1 Å². The highest BCUT2D eigenvalue weighted by Crippen LogP contribution is 2.31. The van der Waals surface area contributed by atoms with Crippen LogP contribution in [0.25, 0.3) is 0 Å². The minimum atomic E-state index is -0.447. The van der Waals surface area contributed by atoms with Crippen molar-refractivity contribution >= 4 is 5.91 Å². The molecule has 0 spiro atoms. The number of hydrogen-bond acceptors (Lipinski definition) is 6. The molecule has 8 heteroatoms. The molecule has 0 fully saturated rings. The molecule has 1 unspecified atom stereocenters. The molecule has 3 aromatic rings. The molecule has 1 amide bonds. The predicted octanol–water partition coefficient (Wildman–Crippen LogP) is 2.88. The zero-order valence-corrected chi connectivity index (χ0v) is 16.0. The Labute approximate surface area is 167 Å². The Hall–Kier alpha value is -3.26. The van der Waals surface area contributed by atoms with E-state index in [0.29, 0.717) is 37.4 Å². The van der Waals surface area contributed by atoms with E-state index in [1.165, 1.54) is 6.07 Å². The van der Waals surface area contributed by atoms with Crippen LogP contribution in [-0.2, 0) is 6.54 Å². The van der Waals surface area contributed by atoms with Gasteiger partial charge in [-0.2, -0.15) is 0 Å². The number of nitrogens with one attached hydrogen (secondary N) is 1. The second-order valence-electron chi connectivity index (χ2n) is 6.92. The van der Waals surface area contributed by atoms with E-state index < -0.39 is 6.10 Å². The van der Waals surface area contributed by atoms with Gasteiger partial charge in [-0.3, -0.25) is 9.69 Å². The molecule has 2 heterocycles. The first kappa shape index (κ1) is 19.1. The SMILES string of the molecule is Cc1nonc1C(=O)NCCN1Cc2ccccc2OC(c2ccccc2F)C1. The maximum Gasteiger partial charge on any atom is 0.275 e. The first-order valence-electron chi connectivity index (χ1n) is 9.40. The number of hydrogen-bond donors (Lipinski definition) is 1. The van der Waals surface area contributed by atoms with Crippen LogP contribution in [0.5, 0.6) is 5.75 Å². The Kier molecular flexibility index (Phi) is 5.53. The van der Waals surface area contributed by atoms with Crippen molar-refractivity contribution in [3.63, 3.8) is 0 Å². The topological polar surface area (TPSA) is 80.5 Å². The van der Waals surface area contributed by atoms with Crippen LogP contribution in [0.3, 0.4) is 0 Å². The highest BCUT2D eigenvalue weighted by molar-refractivity contribution is 5.92. The standard InChI is InChI=1S/C21H21FN4O3/c1-14-20(25-29-24-14)21(27)23-10-11-26-12-15-6-2-5-9-18(15)28-19(13-26)16-7-3-4-8-17(16)22/h2-9,19H,10-13H2,1H3,(H,23,27). The highest BCUT2D eigenvalue weighted by atomic mass is 19.1. The Morgan fingerprint density at radius 1 is 1.21 bits per heavy atom. The molecule has 1 aromatic heterocycles. The van der Waals surface area contributed by atoms with E-state index in [9.17, 15) is 9.18 Å². The molecule has 2 aromatic carbocycles. The van der Waals surface area contributed by atoms with E-state index in [0.717, 1.165) is 11.3 Å². The summed E-state index contributed by atoms with van der Waals surface area (Å²) < 4.78 is 25.1. The van der Waals surface area contributed by atoms with Gasteiger partial charge in [0.25, 0.3) is 5.91 Å². The monoisotopic (exact) mass is 396 g/mol. The lowest BCUT2D eigenvalue weighted by Gasteiger charge is -2.24.